The molecule has 0 radical (unpaired) electrons. The van der Waals surface area contributed by atoms with Gasteiger partial charge >= 0.3 is 0 Å². The first-order valence-electron chi connectivity index (χ1n) is 7.87. The number of benzene rings is 2. The molecule has 0 atom stereocenters. The Labute approximate surface area is 136 Å². The molecule has 0 fully saturated rings. The Bertz CT molecular complexity index is 598. The van der Waals surface area contributed by atoms with Crippen molar-refractivity contribution in [2.45, 2.75) is 41.5 Å². The molecule has 0 heterocycles. The number of allylic oxidation sites excluding steroid dienone is 2. The summed E-state index contributed by atoms with van der Waals surface area (Å²) in [5.41, 5.74) is 7.98. The Morgan fingerprint density at radius 3 is 1.27 bits per heavy atom. The molecule has 2 aromatic rings. The van der Waals surface area contributed by atoms with Crippen LogP contribution in [0.1, 0.15) is 47.2 Å². The SMILES string of the molecule is C/C=C/c1cc(C)ccc1C.C/C=C/c1cc(C)ccc1C. The second kappa shape index (κ2) is 9.04. The Balaban J connectivity index is 0.000000220. The van der Waals surface area contributed by atoms with Crippen LogP contribution < -0.4 is 0 Å². The summed E-state index contributed by atoms with van der Waals surface area (Å²) in [4.78, 5) is 0. The summed E-state index contributed by atoms with van der Waals surface area (Å²) < 4.78 is 0. The standard InChI is InChI=1S/2C11H14/c2*1-4-5-11-8-9(2)6-7-10(11)3/h2*4-8H,1-3H3/b2*5-4+. The molecule has 0 aliphatic rings. The minimum absolute atomic E-state index is 1.32. The summed E-state index contributed by atoms with van der Waals surface area (Å²) in [6.45, 7) is 12.6. The van der Waals surface area contributed by atoms with Gasteiger partial charge in [0.2, 0.25) is 0 Å². The maximum atomic E-state index is 2.20. The first kappa shape index (κ1) is 18.0. The molecule has 0 bridgehead atoms. The van der Waals surface area contributed by atoms with Gasteiger partial charge in [0, 0.05) is 0 Å². The number of hydrogen-bond acceptors (Lipinski definition) is 0. The molecule has 22 heavy (non-hydrogen) atoms. The third kappa shape index (κ3) is 5.73. The van der Waals surface area contributed by atoms with E-state index in [9.17, 15) is 0 Å². The lowest BCUT2D eigenvalue weighted by atomic mass is 10.1. The Hall–Kier alpha value is -2.08. The van der Waals surface area contributed by atoms with Gasteiger partial charge in [-0.3, -0.25) is 0 Å². The summed E-state index contributed by atoms with van der Waals surface area (Å²) in [6, 6.07) is 13.0. The molecule has 0 heteroatoms. The number of hydrogen-bond donors (Lipinski definition) is 0. The van der Waals surface area contributed by atoms with E-state index in [-0.39, 0.29) is 0 Å². The van der Waals surface area contributed by atoms with E-state index in [1.54, 1.807) is 0 Å². The molecule has 2 aromatic carbocycles. The quantitative estimate of drug-likeness (QED) is 0.579. The van der Waals surface area contributed by atoms with Crippen molar-refractivity contribution >= 4 is 12.2 Å². The van der Waals surface area contributed by atoms with Gasteiger partial charge in [0.1, 0.15) is 0 Å². The molecule has 0 nitrogen and oxygen atoms in total. The van der Waals surface area contributed by atoms with E-state index in [4.69, 9.17) is 0 Å². The highest BCUT2D eigenvalue weighted by molar-refractivity contribution is 5.54. The smallest absolute Gasteiger partial charge is 0.0228 e. The lowest BCUT2D eigenvalue weighted by molar-refractivity contribution is 1.37. The van der Waals surface area contributed by atoms with Gasteiger partial charge in [0.25, 0.3) is 0 Å². The van der Waals surface area contributed by atoms with Gasteiger partial charge < -0.3 is 0 Å². The molecular weight excluding hydrogens is 264 g/mol. The van der Waals surface area contributed by atoms with Gasteiger partial charge in [0.15, 0.2) is 0 Å². The van der Waals surface area contributed by atoms with E-state index in [1.165, 1.54) is 33.4 Å². The van der Waals surface area contributed by atoms with Crippen molar-refractivity contribution in [1.82, 2.24) is 0 Å². The normalized spacial score (nSPS) is 10.8. The van der Waals surface area contributed by atoms with Gasteiger partial charge in [-0.2, -0.15) is 0 Å². The van der Waals surface area contributed by atoms with Crippen LogP contribution in [-0.2, 0) is 0 Å². The molecule has 0 spiro atoms. The molecule has 0 N–H and O–H groups in total. The van der Waals surface area contributed by atoms with Crippen molar-refractivity contribution in [3.8, 4) is 0 Å². The van der Waals surface area contributed by atoms with Crippen LogP contribution in [0.2, 0.25) is 0 Å². The van der Waals surface area contributed by atoms with Crippen LogP contribution in [0, 0.1) is 27.7 Å². The summed E-state index contributed by atoms with van der Waals surface area (Å²) in [6.07, 6.45) is 8.42. The fraction of sp³-hybridized carbons (Fsp3) is 0.273. The van der Waals surface area contributed by atoms with Crippen molar-refractivity contribution in [3.05, 3.63) is 81.9 Å². The minimum atomic E-state index is 1.32. The van der Waals surface area contributed by atoms with E-state index < -0.39 is 0 Å². The van der Waals surface area contributed by atoms with Crippen LogP contribution in [-0.4, -0.2) is 0 Å². The molecule has 116 valence electrons. The van der Waals surface area contributed by atoms with Gasteiger partial charge in [-0.25, -0.2) is 0 Å². The minimum Gasteiger partial charge on any atom is -0.0871 e. The van der Waals surface area contributed by atoms with Crippen LogP contribution in [0.5, 0.6) is 0 Å². The Kier molecular flexibility index (Phi) is 7.39. The fourth-order valence-electron chi connectivity index (χ4n) is 2.24. The lowest BCUT2D eigenvalue weighted by Gasteiger charge is -2.00. The largest absolute Gasteiger partial charge is 0.0871 e. The third-order valence-electron chi connectivity index (χ3n) is 3.56. The van der Waals surface area contributed by atoms with E-state index in [1.807, 2.05) is 13.8 Å². The molecule has 0 aromatic heterocycles. The zero-order chi connectivity index (χ0) is 16.5. The van der Waals surface area contributed by atoms with Crippen molar-refractivity contribution in [2.24, 2.45) is 0 Å². The van der Waals surface area contributed by atoms with Crippen LogP contribution in [0.4, 0.5) is 0 Å². The first-order valence-corrected chi connectivity index (χ1v) is 7.87. The molecule has 0 aliphatic heterocycles. The van der Waals surface area contributed by atoms with Gasteiger partial charge in [-0.05, 0) is 63.8 Å². The average molecular weight is 292 g/mol. The van der Waals surface area contributed by atoms with Gasteiger partial charge in [0.05, 0.1) is 0 Å². The summed E-state index contributed by atoms with van der Waals surface area (Å²) in [7, 11) is 0. The fourth-order valence-corrected chi connectivity index (χ4v) is 2.24. The van der Waals surface area contributed by atoms with E-state index in [2.05, 4.69) is 88.4 Å². The van der Waals surface area contributed by atoms with E-state index in [0.29, 0.717) is 0 Å². The maximum Gasteiger partial charge on any atom is -0.0228 e. The first-order chi connectivity index (χ1) is 10.5. The maximum absolute atomic E-state index is 2.20. The van der Waals surface area contributed by atoms with Crippen LogP contribution in [0.15, 0.2) is 48.6 Å². The summed E-state index contributed by atoms with van der Waals surface area (Å²) in [5, 5.41) is 0. The second-order valence-electron chi connectivity index (χ2n) is 5.72. The third-order valence-corrected chi connectivity index (χ3v) is 3.56. The molecule has 0 amide bonds. The molecule has 0 aliphatic carbocycles. The summed E-state index contributed by atoms with van der Waals surface area (Å²) in [5.74, 6) is 0. The zero-order valence-electron chi connectivity index (χ0n) is 14.8. The summed E-state index contributed by atoms with van der Waals surface area (Å²) >= 11 is 0. The van der Waals surface area contributed by atoms with Crippen molar-refractivity contribution < 1.29 is 0 Å². The zero-order valence-corrected chi connectivity index (χ0v) is 14.8. The van der Waals surface area contributed by atoms with Gasteiger partial charge in [-0.15, -0.1) is 0 Å². The monoisotopic (exact) mass is 292 g/mol. The van der Waals surface area contributed by atoms with E-state index >= 15 is 0 Å². The van der Waals surface area contributed by atoms with Crippen molar-refractivity contribution in [3.63, 3.8) is 0 Å². The molecular formula is C22H28. The Morgan fingerprint density at radius 2 is 0.955 bits per heavy atom. The lowest BCUT2D eigenvalue weighted by Crippen LogP contribution is -1.81. The number of rotatable bonds is 2. The predicted octanol–water partition coefficient (Wildman–Crippen LogP) is 6.67. The van der Waals surface area contributed by atoms with Crippen LogP contribution >= 0.6 is 0 Å². The Morgan fingerprint density at radius 1 is 0.591 bits per heavy atom. The van der Waals surface area contributed by atoms with Crippen LogP contribution in [0.3, 0.4) is 0 Å². The molecule has 0 saturated heterocycles. The molecule has 0 saturated carbocycles. The highest BCUT2D eigenvalue weighted by atomic mass is 14.0. The molecule has 0 unspecified atom stereocenters. The molecule has 2 rings (SSSR count). The van der Waals surface area contributed by atoms with E-state index in [0.717, 1.165) is 0 Å². The van der Waals surface area contributed by atoms with Crippen LogP contribution in [0.25, 0.3) is 12.2 Å². The predicted molar refractivity (Wildman–Crippen MR) is 101 cm³/mol. The average Bonchev–Trinajstić information content (AvgIpc) is 2.48. The van der Waals surface area contributed by atoms with Gasteiger partial charge in [-0.1, -0.05) is 71.8 Å². The number of aryl methyl sites for hydroxylation is 4. The second-order valence-corrected chi connectivity index (χ2v) is 5.72. The highest BCUT2D eigenvalue weighted by Crippen LogP contribution is 2.12. The van der Waals surface area contributed by atoms with Crippen molar-refractivity contribution in [2.75, 3.05) is 0 Å². The topological polar surface area (TPSA) is 0 Å². The highest BCUT2D eigenvalue weighted by Gasteiger charge is 1.93. The van der Waals surface area contributed by atoms with Crippen molar-refractivity contribution in [1.29, 1.82) is 0 Å².